The summed E-state index contributed by atoms with van der Waals surface area (Å²) in [5.41, 5.74) is 3.81. The first-order chi connectivity index (χ1) is 12.7. The minimum absolute atomic E-state index is 0. The summed E-state index contributed by atoms with van der Waals surface area (Å²) in [6.45, 7) is 0.621. The van der Waals surface area contributed by atoms with E-state index >= 15 is 0 Å². The number of hydrogen-bond acceptors (Lipinski definition) is 4. The van der Waals surface area contributed by atoms with Gasteiger partial charge in [-0.15, -0.1) is 12.4 Å². The van der Waals surface area contributed by atoms with Gasteiger partial charge in [0.2, 0.25) is 11.9 Å². The summed E-state index contributed by atoms with van der Waals surface area (Å²) < 4.78 is 0. The SMILES string of the molecule is Cl.O=C(Cc1ccccc1)Nc1nccc(-c2cc3c([nH]2)CCNC3=O)n1. The van der Waals surface area contributed by atoms with Gasteiger partial charge < -0.3 is 10.3 Å². The van der Waals surface area contributed by atoms with Crippen molar-refractivity contribution >= 4 is 30.2 Å². The zero-order valence-electron chi connectivity index (χ0n) is 14.4. The molecule has 0 saturated heterocycles. The molecule has 3 aromatic rings. The van der Waals surface area contributed by atoms with Gasteiger partial charge in [-0.3, -0.25) is 14.9 Å². The van der Waals surface area contributed by atoms with Crippen molar-refractivity contribution < 1.29 is 9.59 Å². The predicted octanol–water partition coefficient (Wildman–Crippen LogP) is 2.36. The van der Waals surface area contributed by atoms with Crippen LogP contribution in [-0.2, 0) is 17.6 Å². The fourth-order valence-corrected chi connectivity index (χ4v) is 2.95. The molecule has 3 heterocycles. The molecule has 0 saturated carbocycles. The Bertz CT molecular complexity index is 971. The number of rotatable bonds is 4. The summed E-state index contributed by atoms with van der Waals surface area (Å²) in [4.78, 5) is 35.8. The molecule has 0 aliphatic carbocycles. The molecule has 1 aromatic carbocycles. The van der Waals surface area contributed by atoms with Crippen LogP contribution in [0.5, 0.6) is 0 Å². The lowest BCUT2D eigenvalue weighted by atomic mass is 10.1. The number of H-pyrrole nitrogens is 1. The molecule has 2 aromatic heterocycles. The molecule has 27 heavy (non-hydrogen) atoms. The molecule has 3 N–H and O–H groups in total. The minimum Gasteiger partial charge on any atom is -0.356 e. The van der Waals surface area contributed by atoms with Crippen LogP contribution in [0, 0.1) is 0 Å². The lowest BCUT2D eigenvalue weighted by molar-refractivity contribution is -0.115. The maximum absolute atomic E-state index is 12.2. The summed E-state index contributed by atoms with van der Waals surface area (Å²) in [6.07, 6.45) is 2.60. The van der Waals surface area contributed by atoms with Gasteiger partial charge in [0, 0.05) is 24.9 Å². The van der Waals surface area contributed by atoms with Crippen LogP contribution in [0.3, 0.4) is 0 Å². The predicted molar refractivity (Wildman–Crippen MR) is 104 cm³/mol. The zero-order chi connectivity index (χ0) is 17.9. The van der Waals surface area contributed by atoms with E-state index in [1.54, 1.807) is 18.3 Å². The summed E-state index contributed by atoms with van der Waals surface area (Å²) in [5.74, 6) is -0.0295. The van der Waals surface area contributed by atoms with E-state index in [-0.39, 0.29) is 36.6 Å². The number of carbonyl (C=O) groups excluding carboxylic acids is 2. The third-order valence-corrected chi connectivity index (χ3v) is 4.19. The molecule has 2 amide bonds. The van der Waals surface area contributed by atoms with E-state index in [0.29, 0.717) is 17.8 Å². The zero-order valence-corrected chi connectivity index (χ0v) is 15.2. The van der Waals surface area contributed by atoms with Crippen LogP contribution < -0.4 is 10.6 Å². The quantitative estimate of drug-likeness (QED) is 0.643. The molecule has 0 atom stereocenters. The smallest absolute Gasteiger partial charge is 0.253 e. The molecule has 0 spiro atoms. The topological polar surface area (TPSA) is 99.8 Å². The maximum atomic E-state index is 12.2. The van der Waals surface area contributed by atoms with Crippen molar-refractivity contribution in [1.82, 2.24) is 20.3 Å². The molecule has 7 nitrogen and oxygen atoms in total. The van der Waals surface area contributed by atoms with Crippen LogP contribution in [0.15, 0.2) is 48.7 Å². The number of benzene rings is 1. The Balaban J connectivity index is 0.00000210. The molecule has 0 fully saturated rings. The van der Waals surface area contributed by atoms with Crippen molar-refractivity contribution in [3.63, 3.8) is 0 Å². The number of fused-ring (bicyclic) bond motifs is 1. The van der Waals surface area contributed by atoms with Crippen LogP contribution in [0.2, 0.25) is 0 Å². The van der Waals surface area contributed by atoms with Crippen molar-refractivity contribution in [2.75, 3.05) is 11.9 Å². The molecule has 0 unspecified atom stereocenters. The Hall–Kier alpha value is -3.19. The summed E-state index contributed by atoms with van der Waals surface area (Å²) in [7, 11) is 0. The first-order valence-electron chi connectivity index (χ1n) is 8.36. The second kappa shape index (κ2) is 8.01. The van der Waals surface area contributed by atoms with Crippen molar-refractivity contribution in [2.24, 2.45) is 0 Å². The Morgan fingerprint density at radius 2 is 2.00 bits per heavy atom. The molecular weight excluding hydrogens is 366 g/mol. The number of aromatic nitrogens is 3. The lowest BCUT2D eigenvalue weighted by Crippen LogP contribution is -2.31. The van der Waals surface area contributed by atoms with Gasteiger partial charge in [-0.05, 0) is 17.7 Å². The first-order valence-corrected chi connectivity index (χ1v) is 8.36. The highest BCUT2D eigenvalue weighted by Crippen LogP contribution is 2.23. The number of amides is 2. The standard InChI is InChI=1S/C19H17N5O2.ClH/c25-17(10-12-4-2-1-3-5-12)24-19-21-9-7-15(23-19)16-11-13-14(22-16)6-8-20-18(13)26;/h1-5,7,9,11,22H,6,8,10H2,(H,20,26)(H,21,23,24,25);1H. The van der Waals surface area contributed by atoms with Crippen LogP contribution in [0.25, 0.3) is 11.4 Å². The van der Waals surface area contributed by atoms with Gasteiger partial charge in [0.05, 0.1) is 23.4 Å². The van der Waals surface area contributed by atoms with Gasteiger partial charge >= 0.3 is 0 Å². The largest absolute Gasteiger partial charge is 0.356 e. The van der Waals surface area contributed by atoms with Crippen LogP contribution in [0.1, 0.15) is 21.6 Å². The first kappa shape index (κ1) is 18.6. The number of carbonyl (C=O) groups is 2. The molecule has 138 valence electrons. The summed E-state index contributed by atoms with van der Waals surface area (Å²) in [6, 6.07) is 13.0. The summed E-state index contributed by atoms with van der Waals surface area (Å²) >= 11 is 0. The van der Waals surface area contributed by atoms with E-state index in [2.05, 4.69) is 25.6 Å². The number of nitrogens with one attached hydrogen (secondary N) is 3. The van der Waals surface area contributed by atoms with Crippen LogP contribution >= 0.6 is 12.4 Å². The Kier molecular flexibility index (Phi) is 5.52. The van der Waals surface area contributed by atoms with Crippen molar-refractivity contribution in [3.8, 4) is 11.4 Å². The third kappa shape index (κ3) is 4.15. The van der Waals surface area contributed by atoms with Crippen molar-refractivity contribution in [1.29, 1.82) is 0 Å². The average molecular weight is 384 g/mol. The van der Waals surface area contributed by atoms with Gasteiger partial charge in [0.25, 0.3) is 5.91 Å². The van der Waals surface area contributed by atoms with Gasteiger partial charge in [-0.25, -0.2) is 9.97 Å². The molecule has 1 aliphatic rings. The van der Waals surface area contributed by atoms with Gasteiger partial charge in [-0.2, -0.15) is 0 Å². The normalized spacial score (nSPS) is 12.5. The van der Waals surface area contributed by atoms with Crippen LogP contribution in [-0.4, -0.2) is 33.3 Å². The lowest BCUT2D eigenvalue weighted by Gasteiger charge is -2.10. The van der Waals surface area contributed by atoms with E-state index < -0.39 is 0 Å². The summed E-state index contributed by atoms with van der Waals surface area (Å²) in [5, 5.41) is 5.53. The van der Waals surface area contributed by atoms with E-state index in [1.165, 1.54) is 0 Å². The highest BCUT2D eigenvalue weighted by Gasteiger charge is 2.20. The minimum atomic E-state index is -0.182. The highest BCUT2D eigenvalue weighted by molar-refractivity contribution is 5.97. The number of halogens is 1. The highest BCUT2D eigenvalue weighted by atomic mass is 35.5. The number of anilines is 1. The van der Waals surface area contributed by atoms with Gasteiger partial charge in [0.15, 0.2) is 0 Å². The third-order valence-electron chi connectivity index (χ3n) is 4.19. The van der Waals surface area contributed by atoms with Crippen molar-refractivity contribution in [2.45, 2.75) is 12.8 Å². The van der Waals surface area contributed by atoms with E-state index in [1.807, 2.05) is 30.3 Å². The number of aromatic amines is 1. The fraction of sp³-hybridized carbons (Fsp3) is 0.158. The molecule has 4 rings (SSSR count). The molecule has 8 heteroatoms. The monoisotopic (exact) mass is 383 g/mol. The molecular formula is C19H18ClN5O2. The number of nitrogens with zero attached hydrogens (tertiary/aromatic N) is 2. The number of hydrogen-bond donors (Lipinski definition) is 3. The van der Waals surface area contributed by atoms with Gasteiger partial charge in [-0.1, -0.05) is 30.3 Å². The average Bonchev–Trinajstić information content (AvgIpc) is 3.08. The van der Waals surface area contributed by atoms with Gasteiger partial charge in [0.1, 0.15) is 0 Å². The fourth-order valence-electron chi connectivity index (χ4n) is 2.95. The molecule has 0 bridgehead atoms. The Labute approximate surface area is 162 Å². The van der Waals surface area contributed by atoms with E-state index in [4.69, 9.17) is 0 Å². The van der Waals surface area contributed by atoms with E-state index in [0.717, 1.165) is 23.4 Å². The van der Waals surface area contributed by atoms with Crippen LogP contribution in [0.4, 0.5) is 5.95 Å². The maximum Gasteiger partial charge on any atom is 0.253 e. The Morgan fingerprint density at radius 1 is 1.19 bits per heavy atom. The van der Waals surface area contributed by atoms with Crippen molar-refractivity contribution in [3.05, 3.63) is 65.5 Å². The molecule has 1 aliphatic heterocycles. The second-order valence-corrected chi connectivity index (χ2v) is 6.06. The second-order valence-electron chi connectivity index (χ2n) is 6.06. The Morgan fingerprint density at radius 3 is 2.78 bits per heavy atom. The van der Waals surface area contributed by atoms with E-state index in [9.17, 15) is 9.59 Å². The molecule has 0 radical (unpaired) electrons.